The van der Waals surface area contributed by atoms with E-state index in [1.54, 1.807) is 0 Å². The maximum Gasteiger partial charge on any atom is 0.306 e. The number of benzene rings is 1. The van der Waals surface area contributed by atoms with Gasteiger partial charge in [0.2, 0.25) is 0 Å². The van der Waals surface area contributed by atoms with Crippen LogP contribution in [-0.2, 0) is 4.79 Å². The molecule has 1 heterocycles. The molecule has 5 heteroatoms. The highest BCUT2D eigenvalue weighted by Crippen LogP contribution is 2.29. The topological polar surface area (TPSA) is 75.1 Å². The minimum atomic E-state index is -0.714. The van der Waals surface area contributed by atoms with Crippen LogP contribution in [0.1, 0.15) is 12.8 Å². The van der Waals surface area contributed by atoms with Crippen LogP contribution in [0.4, 0.5) is 5.82 Å². The van der Waals surface area contributed by atoms with Gasteiger partial charge in [0.15, 0.2) is 0 Å². The lowest BCUT2D eigenvalue weighted by Gasteiger charge is -2.33. The van der Waals surface area contributed by atoms with Crippen LogP contribution in [-0.4, -0.2) is 27.3 Å². The third-order valence-corrected chi connectivity index (χ3v) is 3.57. The summed E-state index contributed by atoms with van der Waals surface area (Å²) < 4.78 is 0. The van der Waals surface area contributed by atoms with Crippen LogP contribution in [0, 0.1) is 5.92 Å². The molecule has 0 saturated heterocycles. The molecule has 0 amide bonds. The molecule has 0 radical (unpaired) electrons. The number of aliphatic carboxylic acids is 1. The van der Waals surface area contributed by atoms with Crippen molar-refractivity contribution in [1.29, 1.82) is 0 Å². The Bertz CT molecular complexity index is 592. The van der Waals surface area contributed by atoms with Gasteiger partial charge >= 0.3 is 5.97 Å². The van der Waals surface area contributed by atoms with Gasteiger partial charge < -0.3 is 10.4 Å². The molecule has 5 nitrogen and oxygen atoms in total. The molecule has 0 aliphatic heterocycles. The molecule has 102 valence electrons. The van der Waals surface area contributed by atoms with Gasteiger partial charge in [-0.2, -0.15) is 0 Å². The molecule has 3 rings (SSSR count). The highest BCUT2D eigenvalue weighted by Gasteiger charge is 2.34. The summed E-state index contributed by atoms with van der Waals surface area (Å²) in [6.45, 7) is 0. The van der Waals surface area contributed by atoms with Gasteiger partial charge in [-0.1, -0.05) is 30.3 Å². The van der Waals surface area contributed by atoms with E-state index < -0.39 is 5.97 Å². The van der Waals surface area contributed by atoms with E-state index in [1.165, 1.54) is 0 Å². The molecular weight excluding hydrogens is 254 g/mol. The molecule has 0 bridgehead atoms. The number of carboxylic acid groups (broad SMARTS) is 1. The molecule has 2 aromatic rings. The third kappa shape index (κ3) is 2.61. The highest BCUT2D eigenvalue weighted by atomic mass is 16.4. The van der Waals surface area contributed by atoms with Crippen molar-refractivity contribution in [3.63, 3.8) is 0 Å². The summed E-state index contributed by atoms with van der Waals surface area (Å²) in [5.41, 5.74) is 1.86. The van der Waals surface area contributed by atoms with Gasteiger partial charge in [0.1, 0.15) is 5.82 Å². The quantitative estimate of drug-likeness (QED) is 0.891. The van der Waals surface area contributed by atoms with E-state index in [2.05, 4.69) is 15.5 Å². The minimum Gasteiger partial charge on any atom is -0.481 e. The number of carboxylic acids is 1. The Labute approximate surface area is 116 Å². The summed E-state index contributed by atoms with van der Waals surface area (Å²) >= 11 is 0. The van der Waals surface area contributed by atoms with Crippen molar-refractivity contribution in [3.05, 3.63) is 42.5 Å². The maximum atomic E-state index is 10.7. The number of hydrogen-bond acceptors (Lipinski definition) is 4. The van der Waals surface area contributed by atoms with Gasteiger partial charge in [0.05, 0.1) is 11.6 Å². The van der Waals surface area contributed by atoms with E-state index in [-0.39, 0.29) is 12.0 Å². The average molecular weight is 269 g/mol. The molecule has 2 N–H and O–H groups in total. The van der Waals surface area contributed by atoms with Crippen LogP contribution in [0.2, 0.25) is 0 Å². The lowest BCUT2D eigenvalue weighted by molar-refractivity contribution is -0.144. The van der Waals surface area contributed by atoms with Crippen LogP contribution in [0.5, 0.6) is 0 Å². The summed E-state index contributed by atoms with van der Waals surface area (Å²) in [6, 6.07) is 13.8. The van der Waals surface area contributed by atoms with Crippen LogP contribution >= 0.6 is 0 Å². The second kappa shape index (κ2) is 5.28. The van der Waals surface area contributed by atoms with Crippen molar-refractivity contribution in [3.8, 4) is 11.3 Å². The molecule has 1 aromatic heterocycles. The lowest BCUT2D eigenvalue weighted by Crippen LogP contribution is -2.39. The lowest BCUT2D eigenvalue weighted by atomic mass is 9.80. The average Bonchev–Trinajstić information content (AvgIpc) is 2.43. The van der Waals surface area contributed by atoms with Gasteiger partial charge in [-0.05, 0) is 25.0 Å². The second-order valence-corrected chi connectivity index (χ2v) is 5.02. The first-order valence-corrected chi connectivity index (χ1v) is 6.61. The summed E-state index contributed by atoms with van der Waals surface area (Å²) in [6.07, 6.45) is 1.30. The second-order valence-electron chi connectivity index (χ2n) is 5.02. The monoisotopic (exact) mass is 269 g/mol. The van der Waals surface area contributed by atoms with Crippen LogP contribution < -0.4 is 5.32 Å². The predicted octanol–water partition coefficient (Wildman–Crippen LogP) is 2.42. The van der Waals surface area contributed by atoms with Crippen LogP contribution in [0.3, 0.4) is 0 Å². The molecule has 1 aromatic carbocycles. The molecule has 0 spiro atoms. The Morgan fingerprint density at radius 3 is 2.45 bits per heavy atom. The SMILES string of the molecule is O=C(O)C1CC(Nc2ccc(-c3ccccc3)nn2)C1. The fraction of sp³-hybridized carbons (Fsp3) is 0.267. The molecule has 0 atom stereocenters. The number of hydrogen-bond donors (Lipinski definition) is 2. The Balaban J connectivity index is 1.62. The number of aromatic nitrogens is 2. The smallest absolute Gasteiger partial charge is 0.306 e. The van der Waals surface area contributed by atoms with E-state index in [0.717, 1.165) is 11.3 Å². The number of rotatable bonds is 4. The zero-order valence-corrected chi connectivity index (χ0v) is 10.9. The van der Waals surface area contributed by atoms with Crippen LogP contribution in [0.25, 0.3) is 11.3 Å². The first kappa shape index (κ1) is 12.6. The van der Waals surface area contributed by atoms with E-state index >= 15 is 0 Å². The molecule has 1 fully saturated rings. The zero-order valence-electron chi connectivity index (χ0n) is 10.9. The Morgan fingerprint density at radius 2 is 1.85 bits per heavy atom. The molecule has 1 aliphatic rings. The normalized spacial score (nSPS) is 21.0. The fourth-order valence-electron chi connectivity index (χ4n) is 2.32. The molecule has 0 unspecified atom stereocenters. The minimum absolute atomic E-state index is 0.188. The Hall–Kier alpha value is -2.43. The van der Waals surface area contributed by atoms with Gasteiger partial charge in [-0.25, -0.2) is 0 Å². The maximum absolute atomic E-state index is 10.7. The van der Waals surface area contributed by atoms with Gasteiger partial charge in [0, 0.05) is 11.6 Å². The largest absolute Gasteiger partial charge is 0.481 e. The standard InChI is InChI=1S/C15H15N3O2/c19-15(20)11-8-12(9-11)16-14-7-6-13(17-18-14)10-4-2-1-3-5-10/h1-7,11-12H,8-9H2,(H,16,18)(H,19,20). The number of anilines is 1. The third-order valence-electron chi connectivity index (χ3n) is 3.57. The van der Waals surface area contributed by atoms with Crippen molar-refractivity contribution in [2.45, 2.75) is 18.9 Å². The van der Waals surface area contributed by atoms with E-state index in [0.29, 0.717) is 18.7 Å². The zero-order chi connectivity index (χ0) is 13.9. The summed E-state index contributed by atoms with van der Waals surface area (Å²) in [7, 11) is 0. The Kier molecular flexibility index (Phi) is 3.33. The number of carbonyl (C=O) groups is 1. The molecule has 1 aliphatic carbocycles. The van der Waals surface area contributed by atoms with Crippen molar-refractivity contribution in [2.75, 3.05) is 5.32 Å². The van der Waals surface area contributed by atoms with Gasteiger partial charge in [-0.3, -0.25) is 4.79 Å². The number of nitrogens with one attached hydrogen (secondary N) is 1. The first-order chi connectivity index (χ1) is 9.72. The van der Waals surface area contributed by atoms with E-state index in [9.17, 15) is 4.79 Å². The summed E-state index contributed by atoms with van der Waals surface area (Å²) in [5.74, 6) is -0.240. The molecule has 1 saturated carbocycles. The van der Waals surface area contributed by atoms with Crippen molar-refractivity contribution >= 4 is 11.8 Å². The summed E-state index contributed by atoms with van der Waals surface area (Å²) in [5, 5.41) is 20.4. The highest BCUT2D eigenvalue weighted by molar-refractivity contribution is 5.71. The molecular formula is C15H15N3O2. The molecule has 20 heavy (non-hydrogen) atoms. The van der Waals surface area contributed by atoms with Crippen molar-refractivity contribution in [1.82, 2.24) is 10.2 Å². The van der Waals surface area contributed by atoms with Gasteiger partial charge in [0.25, 0.3) is 0 Å². The number of nitrogens with zero attached hydrogens (tertiary/aromatic N) is 2. The van der Waals surface area contributed by atoms with Crippen molar-refractivity contribution < 1.29 is 9.90 Å². The first-order valence-electron chi connectivity index (χ1n) is 6.61. The van der Waals surface area contributed by atoms with E-state index in [1.807, 2.05) is 42.5 Å². The van der Waals surface area contributed by atoms with Crippen molar-refractivity contribution in [2.24, 2.45) is 5.92 Å². The Morgan fingerprint density at radius 1 is 1.10 bits per heavy atom. The fourth-order valence-corrected chi connectivity index (χ4v) is 2.32. The van der Waals surface area contributed by atoms with E-state index in [4.69, 9.17) is 5.11 Å². The predicted molar refractivity (Wildman–Crippen MR) is 75.2 cm³/mol. The van der Waals surface area contributed by atoms with Gasteiger partial charge in [-0.15, -0.1) is 10.2 Å². The van der Waals surface area contributed by atoms with Crippen LogP contribution in [0.15, 0.2) is 42.5 Å². The summed E-state index contributed by atoms with van der Waals surface area (Å²) in [4.78, 5) is 10.7.